The van der Waals surface area contributed by atoms with E-state index in [-0.39, 0.29) is 0 Å². The van der Waals surface area contributed by atoms with E-state index in [1.807, 2.05) is 0 Å². The predicted molar refractivity (Wildman–Crippen MR) is 76.9 cm³/mol. The van der Waals surface area contributed by atoms with Crippen LogP contribution in [0.2, 0.25) is 0 Å². The minimum Gasteiger partial charge on any atom is -0.394 e. The van der Waals surface area contributed by atoms with Gasteiger partial charge in [0.05, 0.1) is 12.9 Å². The molecule has 1 aliphatic heterocycles. The molecule has 0 radical (unpaired) electrons. The van der Waals surface area contributed by atoms with Crippen molar-refractivity contribution >= 4 is 25.2 Å². The molecule has 4 unspecified atom stereocenters. The molecule has 3 N–H and O–H groups in total. The number of aliphatic hydroxyl groups is 1. The van der Waals surface area contributed by atoms with Crippen LogP contribution in [0.3, 0.4) is 0 Å². The van der Waals surface area contributed by atoms with Crippen molar-refractivity contribution in [2.75, 3.05) is 19.0 Å². The van der Waals surface area contributed by atoms with Gasteiger partial charge in [0.25, 0.3) is 0 Å². The first-order valence-electron chi connectivity index (χ1n) is 6.72. The number of hydrogen-bond donors (Lipinski definition) is 3. The summed E-state index contributed by atoms with van der Waals surface area (Å²) in [6, 6.07) is 0. The first-order chi connectivity index (χ1) is 11.1. The first-order valence-corrected chi connectivity index (χ1v) is 7.98. The molecular weight excluding hydrogens is 332 g/mol. The topological polar surface area (TPSA) is 132 Å². The Labute approximate surface area is 130 Å². The molecule has 10 nitrogen and oxygen atoms in total. The molecule has 23 heavy (non-hydrogen) atoms. The number of aliphatic hydroxyl groups excluding tert-OH is 1. The summed E-state index contributed by atoms with van der Waals surface area (Å²) < 4.78 is 36.9. The third kappa shape index (κ3) is 2.81. The molecule has 1 fully saturated rings. The minimum absolute atomic E-state index is 0.325. The summed E-state index contributed by atoms with van der Waals surface area (Å²) in [5, 5.41) is 12.1. The lowest BCUT2D eigenvalue weighted by Crippen LogP contribution is -2.32. The van der Waals surface area contributed by atoms with Crippen molar-refractivity contribution in [2.45, 2.75) is 24.6 Å². The van der Waals surface area contributed by atoms with Gasteiger partial charge in [-0.2, -0.15) is 0 Å². The maximum atomic E-state index is 14.6. The van der Waals surface area contributed by atoms with Crippen molar-refractivity contribution in [2.24, 2.45) is 0 Å². The first kappa shape index (κ1) is 16.2. The molecule has 1 saturated heterocycles. The monoisotopic (exact) mass is 347 g/mol. The van der Waals surface area contributed by atoms with Crippen molar-refractivity contribution in [3.05, 3.63) is 12.7 Å². The molecule has 2 aromatic heterocycles. The van der Waals surface area contributed by atoms with Crippen LogP contribution in [-0.4, -0.2) is 61.6 Å². The summed E-state index contributed by atoms with van der Waals surface area (Å²) >= 11 is 0. The Balaban J connectivity index is 1.97. The van der Waals surface area contributed by atoms with E-state index in [0.29, 0.717) is 17.0 Å². The van der Waals surface area contributed by atoms with Gasteiger partial charge in [-0.25, -0.2) is 19.3 Å². The fourth-order valence-corrected chi connectivity index (χ4v) is 3.06. The molecule has 0 aliphatic carbocycles. The minimum atomic E-state index is -3.38. The van der Waals surface area contributed by atoms with Crippen LogP contribution in [-0.2, 0) is 13.8 Å². The normalized spacial score (nSPS) is 29.0. The molecule has 5 atom stereocenters. The smallest absolute Gasteiger partial charge is 0.317 e. The largest absolute Gasteiger partial charge is 0.394 e. The predicted octanol–water partition coefficient (Wildman–Crippen LogP) is -0.137. The van der Waals surface area contributed by atoms with Gasteiger partial charge in [-0.15, -0.1) is 0 Å². The van der Waals surface area contributed by atoms with Crippen molar-refractivity contribution in [1.29, 1.82) is 0 Å². The van der Waals surface area contributed by atoms with Crippen LogP contribution in [0, 0.1) is 0 Å². The molecule has 1 aliphatic rings. The lowest BCUT2D eigenvalue weighted by atomic mass is 10.1. The van der Waals surface area contributed by atoms with Gasteiger partial charge in [0.2, 0.25) is 0 Å². The number of alkyl halides is 1. The Hall–Kier alpha value is -1.65. The van der Waals surface area contributed by atoms with Gasteiger partial charge in [-0.3, -0.25) is 9.13 Å². The van der Waals surface area contributed by atoms with Crippen molar-refractivity contribution in [3.63, 3.8) is 0 Å². The van der Waals surface area contributed by atoms with Gasteiger partial charge in [0, 0.05) is 7.05 Å². The van der Waals surface area contributed by atoms with E-state index in [4.69, 9.17) is 9.63 Å². The number of hydrogen-bond acceptors (Lipinski definition) is 8. The summed E-state index contributed by atoms with van der Waals surface area (Å²) in [4.78, 5) is 21.1. The maximum absolute atomic E-state index is 14.6. The molecule has 0 spiro atoms. The number of nitrogens with zero attached hydrogens (tertiary/aromatic N) is 4. The second kappa shape index (κ2) is 6.46. The number of fused-ring (bicyclic) bond motifs is 1. The highest BCUT2D eigenvalue weighted by Crippen LogP contribution is 2.38. The average molecular weight is 347 g/mol. The van der Waals surface area contributed by atoms with E-state index in [1.165, 1.54) is 17.2 Å². The van der Waals surface area contributed by atoms with Crippen LogP contribution in [0.4, 0.5) is 10.2 Å². The zero-order valence-electron chi connectivity index (χ0n) is 12.0. The summed E-state index contributed by atoms with van der Waals surface area (Å²) in [6.45, 7) is -0.555. The third-order valence-corrected chi connectivity index (χ3v) is 4.03. The molecule has 0 amide bonds. The lowest BCUT2D eigenvalue weighted by molar-refractivity contribution is -0.0436. The second-order valence-corrected chi connectivity index (χ2v) is 5.60. The fourth-order valence-electron chi connectivity index (χ4n) is 2.54. The second-order valence-electron chi connectivity index (χ2n) is 4.84. The van der Waals surface area contributed by atoms with Crippen molar-refractivity contribution in [1.82, 2.24) is 19.5 Å². The highest BCUT2D eigenvalue weighted by Gasteiger charge is 2.48. The van der Waals surface area contributed by atoms with Gasteiger partial charge in [0.15, 0.2) is 23.9 Å². The van der Waals surface area contributed by atoms with Gasteiger partial charge >= 0.3 is 8.25 Å². The van der Waals surface area contributed by atoms with E-state index >= 15 is 0 Å². The fraction of sp³-hybridized carbons (Fsp3) is 0.545. The molecule has 12 heteroatoms. The van der Waals surface area contributed by atoms with Crippen LogP contribution < -0.4 is 5.32 Å². The van der Waals surface area contributed by atoms with Crippen LogP contribution in [0.1, 0.15) is 6.23 Å². The number of nitrogens with one attached hydrogen (secondary N) is 1. The Morgan fingerprint density at radius 3 is 2.96 bits per heavy atom. The van der Waals surface area contributed by atoms with E-state index < -0.39 is 39.5 Å². The summed E-state index contributed by atoms with van der Waals surface area (Å²) in [5.74, 6) is 0.467. The Kier molecular flexibility index (Phi) is 4.55. The molecular formula is C11H15FN5O5P. The third-order valence-electron chi connectivity index (χ3n) is 3.55. The van der Waals surface area contributed by atoms with Crippen LogP contribution in [0.5, 0.6) is 0 Å². The van der Waals surface area contributed by atoms with E-state index in [1.54, 1.807) is 7.05 Å². The summed E-state index contributed by atoms with van der Waals surface area (Å²) in [5.41, 5.74) is 0.748. The molecule has 126 valence electrons. The number of halogens is 1. The van der Waals surface area contributed by atoms with Gasteiger partial charge in [0.1, 0.15) is 24.1 Å². The van der Waals surface area contributed by atoms with Crippen LogP contribution in [0.25, 0.3) is 11.2 Å². The lowest BCUT2D eigenvalue weighted by Gasteiger charge is -2.16. The van der Waals surface area contributed by atoms with Crippen LogP contribution >= 0.6 is 8.25 Å². The van der Waals surface area contributed by atoms with Gasteiger partial charge < -0.3 is 24.6 Å². The Morgan fingerprint density at radius 2 is 2.30 bits per heavy atom. The molecule has 0 aromatic carbocycles. The van der Waals surface area contributed by atoms with E-state index in [9.17, 15) is 14.1 Å². The number of imidazole rings is 1. The highest BCUT2D eigenvalue weighted by molar-refractivity contribution is 7.32. The quantitative estimate of drug-likeness (QED) is 0.632. The average Bonchev–Trinajstić information content (AvgIpc) is 3.09. The summed E-state index contributed by atoms with van der Waals surface area (Å²) in [7, 11) is -1.72. The Bertz CT molecular complexity index is 730. The molecule has 0 bridgehead atoms. The van der Waals surface area contributed by atoms with Crippen molar-refractivity contribution < 1.29 is 28.2 Å². The number of aromatic nitrogens is 4. The molecule has 2 aromatic rings. The number of ether oxygens (including phenoxy) is 1. The van der Waals surface area contributed by atoms with E-state index in [0.717, 1.165) is 0 Å². The van der Waals surface area contributed by atoms with Crippen molar-refractivity contribution in [3.8, 4) is 0 Å². The zero-order valence-corrected chi connectivity index (χ0v) is 13.0. The van der Waals surface area contributed by atoms with Crippen LogP contribution in [0.15, 0.2) is 12.7 Å². The summed E-state index contributed by atoms with van der Waals surface area (Å²) in [6.07, 6.45) is -2.78. The van der Waals surface area contributed by atoms with E-state index in [2.05, 4.69) is 24.8 Å². The van der Waals surface area contributed by atoms with Gasteiger partial charge in [-0.1, -0.05) is 0 Å². The highest BCUT2D eigenvalue weighted by atomic mass is 31.1. The maximum Gasteiger partial charge on any atom is 0.317 e. The zero-order chi connectivity index (χ0) is 16.6. The standard InChI is InChI=1S/C11H15FN5O5P/c1-13-9-7-10(15-3-14-9)17(4-16-7)11-6(12)8(22-23(19)20)5(2-18)21-11/h3-6,8,11,18,23H,2H2,1H3,(H,19,20)(H,13,14,15)/t5-,6?,8?,11?/m1/s1. The number of anilines is 1. The molecule has 0 saturated carbocycles. The molecule has 3 heterocycles. The van der Waals surface area contributed by atoms with Gasteiger partial charge in [-0.05, 0) is 0 Å². The molecule has 3 rings (SSSR count). The SMILES string of the molecule is CNc1ncnc2c1ncn2C1O[C@H](CO)C(O[PH](=O)O)C1F. The number of rotatable bonds is 5. The Morgan fingerprint density at radius 1 is 1.52 bits per heavy atom.